The van der Waals surface area contributed by atoms with Crippen molar-refractivity contribution < 1.29 is 9.90 Å². The third-order valence-corrected chi connectivity index (χ3v) is 3.87. The SMILES string of the molecule is CC1CCC(C)N(Cc2ccccc2C(=O)O)C1. The molecular formula is C15H21NO2. The van der Waals surface area contributed by atoms with Gasteiger partial charge < -0.3 is 5.11 Å². The molecule has 2 atom stereocenters. The van der Waals surface area contributed by atoms with E-state index in [1.54, 1.807) is 12.1 Å². The van der Waals surface area contributed by atoms with Crippen molar-refractivity contribution in [3.63, 3.8) is 0 Å². The quantitative estimate of drug-likeness (QED) is 0.892. The number of hydrogen-bond acceptors (Lipinski definition) is 2. The summed E-state index contributed by atoms with van der Waals surface area (Å²) in [5, 5.41) is 9.19. The lowest BCUT2D eigenvalue weighted by Gasteiger charge is -2.37. The summed E-state index contributed by atoms with van der Waals surface area (Å²) in [5.41, 5.74) is 1.36. The van der Waals surface area contributed by atoms with Gasteiger partial charge in [0, 0.05) is 19.1 Å². The van der Waals surface area contributed by atoms with Crippen molar-refractivity contribution in [2.45, 2.75) is 39.3 Å². The smallest absolute Gasteiger partial charge is 0.336 e. The van der Waals surface area contributed by atoms with Gasteiger partial charge in [0.05, 0.1) is 5.56 Å². The van der Waals surface area contributed by atoms with Gasteiger partial charge in [-0.25, -0.2) is 4.79 Å². The number of hydrogen-bond donors (Lipinski definition) is 1. The molecule has 18 heavy (non-hydrogen) atoms. The van der Waals surface area contributed by atoms with Crippen LogP contribution in [0.4, 0.5) is 0 Å². The van der Waals surface area contributed by atoms with E-state index < -0.39 is 5.97 Å². The molecule has 0 saturated carbocycles. The summed E-state index contributed by atoms with van der Waals surface area (Å²) in [6.45, 7) is 6.31. The van der Waals surface area contributed by atoms with Gasteiger partial charge in [0.25, 0.3) is 0 Å². The fourth-order valence-electron chi connectivity index (χ4n) is 2.69. The normalized spacial score (nSPS) is 25.0. The maximum absolute atomic E-state index is 11.2. The van der Waals surface area contributed by atoms with E-state index in [1.807, 2.05) is 12.1 Å². The fraction of sp³-hybridized carbons (Fsp3) is 0.533. The summed E-state index contributed by atoms with van der Waals surface area (Å²) in [7, 11) is 0. The Morgan fingerprint density at radius 2 is 2.06 bits per heavy atom. The number of rotatable bonds is 3. The third kappa shape index (κ3) is 2.91. The minimum Gasteiger partial charge on any atom is -0.478 e. The average Bonchev–Trinajstić information content (AvgIpc) is 2.34. The predicted octanol–water partition coefficient (Wildman–Crippen LogP) is 3.01. The molecule has 1 aliphatic heterocycles. The Balaban J connectivity index is 2.15. The Bertz CT molecular complexity index is 430. The van der Waals surface area contributed by atoms with Crippen LogP contribution in [0.2, 0.25) is 0 Å². The first-order valence-electron chi connectivity index (χ1n) is 6.63. The van der Waals surface area contributed by atoms with Crippen LogP contribution in [0.15, 0.2) is 24.3 Å². The van der Waals surface area contributed by atoms with Crippen LogP contribution >= 0.6 is 0 Å². The van der Waals surface area contributed by atoms with Gasteiger partial charge in [-0.2, -0.15) is 0 Å². The Labute approximate surface area is 108 Å². The Kier molecular flexibility index (Phi) is 4.02. The molecule has 0 aliphatic carbocycles. The zero-order valence-electron chi connectivity index (χ0n) is 11.1. The minimum absolute atomic E-state index is 0.433. The number of carboxylic acids is 1. The number of benzene rings is 1. The van der Waals surface area contributed by atoms with Crippen molar-refractivity contribution in [1.29, 1.82) is 0 Å². The van der Waals surface area contributed by atoms with Gasteiger partial charge in [-0.3, -0.25) is 4.90 Å². The van der Waals surface area contributed by atoms with Crippen molar-refractivity contribution in [2.24, 2.45) is 5.92 Å². The highest BCUT2D eigenvalue weighted by molar-refractivity contribution is 5.89. The molecule has 0 amide bonds. The summed E-state index contributed by atoms with van der Waals surface area (Å²) < 4.78 is 0. The van der Waals surface area contributed by atoms with Crippen molar-refractivity contribution in [3.8, 4) is 0 Å². The van der Waals surface area contributed by atoms with E-state index >= 15 is 0 Å². The van der Waals surface area contributed by atoms with Crippen LogP contribution in [0.25, 0.3) is 0 Å². The molecule has 1 aromatic carbocycles. The van der Waals surface area contributed by atoms with E-state index in [4.69, 9.17) is 0 Å². The van der Waals surface area contributed by atoms with E-state index in [0.717, 1.165) is 18.7 Å². The predicted molar refractivity (Wildman–Crippen MR) is 71.7 cm³/mol. The second-order valence-electron chi connectivity index (χ2n) is 5.42. The first kappa shape index (κ1) is 13.1. The lowest BCUT2D eigenvalue weighted by molar-refractivity contribution is 0.0691. The molecule has 0 aromatic heterocycles. The number of piperidine rings is 1. The van der Waals surface area contributed by atoms with Crippen LogP contribution in [0.5, 0.6) is 0 Å². The Morgan fingerprint density at radius 1 is 1.33 bits per heavy atom. The van der Waals surface area contributed by atoms with Gasteiger partial charge >= 0.3 is 5.97 Å². The van der Waals surface area contributed by atoms with E-state index in [9.17, 15) is 9.90 Å². The Morgan fingerprint density at radius 3 is 2.78 bits per heavy atom. The molecule has 2 rings (SSSR count). The monoisotopic (exact) mass is 247 g/mol. The molecule has 0 spiro atoms. The minimum atomic E-state index is -0.830. The molecule has 2 unspecified atom stereocenters. The Hall–Kier alpha value is -1.35. The molecule has 0 bridgehead atoms. The topological polar surface area (TPSA) is 40.5 Å². The van der Waals surface area contributed by atoms with Crippen molar-refractivity contribution in [2.75, 3.05) is 6.54 Å². The summed E-state index contributed by atoms with van der Waals surface area (Å²) >= 11 is 0. The molecule has 3 heteroatoms. The number of nitrogens with zero attached hydrogens (tertiary/aromatic N) is 1. The lowest BCUT2D eigenvalue weighted by atomic mass is 9.94. The average molecular weight is 247 g/mol. The van der Waals surface area contributed by atoms with Gasteiger partial charge in [-0.1, -0.05) is 25.1 Å². The molecule has 3 nitrogen and oxygen atoms in total. The molecule has 0 radical (unpaired) electrons. The number of carboxylic acid groups (broad SMARTS) is 1. The summed E-state index contributed by atoms with van der Waals surface area (Å²) in [6, 6.07) is 7.86. The molecule has 1 saturated heterocycles. The van der Waals surface area contributed by atoms with Gasteiger partial charge in [0.1, 0.15) is 0 Å². The molecular weight excluding hydrogens is 226 g/mol. The molecule has 1 aliphatic rings. The lowest BCUT2D eigenvalue weighted by Crippen LogP contribution is -2.40. The maximum Gasteiger partial charge on any atom is 0.336 e. The van der Waals surface area contributed by atoms with E-state index in [-0.39, 0.29) is 0 Å². The first-order valence-corrected chi connectivity index (χ1v) is 6.63. The summed E-state index contributed by atoms with van der Waals surface area (Å²) in [5.74, 6) is -0.124. The summed E-state index contributed by atoms with van der Waals surface area (Å²) in [6.07, 6.45) is 2.48. The van der Waals surface area contributed by atoms with Gasteiger partial charge in [0.15, 0.2) is 0 Å². The van der Waals surface area contributed by atoms with Gasteiger partial charge in [0.2, 0.25) is 0 Å². The van der Waals surface area contributed by atoms with Crippen LogP contribution in [0, 0.1) is 5.92 Å². The largest absolute Gasteiger partial charge is 0.478 e. The highest BCUT2D eigenvalue weighted by Crippen LogP contribution is 2.24. The van der Waals surface area contributed by atoms with Crippen molar-refractivity contribution in [1.82, 2.24) is 4.90 Å². The second kappa shape index (κ2) is 5.53. The number of carbonyl (C=O) groups is 1. The van der Waals surface area contributed by atoms with E-state index in [2.05, 4.69) is 18.7 Å². The molecule has 1 aromatic rings. The van der Waals surface area contributed by atoms with Crippen LogP contribution in [0.3, 0.4) is 0 Å². The first-order chi connectivity index (χ1) is 8.58. The molecule has 1 fully saturated rings. The maximum atomic E-state index is 11.2. The molecule has 98 valence electrons. The summed E-state index contributed by atoms with van der Waals surface area (Å²) in [4.78, 5) is 13.6. The molecule has 1 N–H and O–H groups in total. The van der Waals surface area contributed by atoms with E-state index in [0.29, 0.717) is 17.5 Å². The van der Waals surface area contributed by atoms with Crippen LogP contribution in [0.1, 0.15) is 42.6 Å². The third-order valence-electron chi connectivity index (χ3n) is 3.87. The van der Waals surface area contributed by atoms with Gasteiger partial charge in [-0.15, -0.1) is 0 Å². The van der Waals surface area contributed by atoms with Crippen molar-refractivity contribution >= 4 is 5.97 Å². The number of likely N-dealkylation sites (tertiary alicyclic amines) is 1. The van der Waals surface area contributed by atoms with Crippen LogP contribution < -0.4 is 0 Å². The van der Waals surface area contributed by atoms with Gasteiger partial charge in [-0.05, 0) is 37.3 Å². The highest BCUT2D eigenvalue weighted by atomic mass is 16.4. The zero-order chi connectivity index (χ0) is 13.1. The van der Waals surface area contributed by atoms with Crippen LogP contribution in [-0.4, -0.2) is 28.6 Å². The zero-order valence-corrected chi connectivity index (χ0v) is 11.1. The second-order valence-corrected chi connectivity index (χ2v) is 5.42. The fourth-order valence-corrected chi connectivity index (χ4v) is 2.69. The standard InChI is InChI=1S/C15H21NO2/c1-11-7-8-12(2)16(9-11)10-13-5-3-4-6-14(13)15(17)18/h3-6,11-12H,7-10H2,1-2H3,(H,17,18). The molecule has 1 heterocycles. The number of aromatic carboxylic acids is 1. The van der Waals surface area contributed by atoms with Crippen LogP contribution in [-0.2, 0) is 6.54 Å². The highest BCUT2D eigenvalue weighted by Gasteiger charge is 2.23. The van der Waals surface area contributed by atoms with E-state index in [1.165, 1.54) is 12.8 Å². The van der Waals surface area contributed by atoms with Crippen molar-refractivity contribution in [3.05, 3.63) is 35.4 Å².